The Balaban J connectivity index is 2.36. The van der Waals surface area contributed by atoms with Crippen molar-refractivity contribution in [2.75, 3.05) is 5.32 Å². The van der Waals surface area contributed by atoms with E-state index in [1.807, 2.05) is 18.2 Å². The molecule has 1 heterocycles. The van der Waals surface area contributed by atoms with E-state index in [9.17, 15) is 0 Å². The highest BCUT2D eigenvalue weighted by Gasteiger charge is 2.07. The molecule has 0 unspecified atom stereocenters. The first kappa shape index (κ1) is 10.7. The zero-order valence-corrected chi connectivity index (χ0v) is 9.69. The van der Waals surface area contributed by atoms with Crippen molar-refractivity contribution in [2.45, 2.75) is 26.8 Å². The zero-order valence-electron chi connectivity index (χ0n) is 9.69. The molecular formula is C12H15N3O. The van der Waals surface area contributed by atoms with Crippen LogP contribution in [-0.2, 0) is 0 Å². The SMILES string of the molecule is Cc1ccc(-c2nnco2)cc1NC(C)C. The van der Waals surface area contributed by atoms with Gasteiger partial charge in [-0.15, -0.1) is 10.2 Å². The summed E-state index contributed by atoms with van der Waals surface area (Å²) in [6.07, 6.45) is 1.34. The van der Waals surface area contributed by atoms with Gasteiger partial charge in [0.15, 0.2) is 0 Å². The smallest absolute Gasteiger partial charge is 0.247 e. The average molecular weight is 217 g/mol. The second-order valence-corrected chi connectivity index (χ2v) is 4.07. The lowest BCUT2D eigenvalue weighted by Crippen LogP contribution is -2.10. The van der Waals surface area contributed by atoms with Crippen molar-refractivity contribution in [3.05, 3.63) is 30.2 Å². The molecule has 0 amide bonds. The standard InChI is InChI=1S/C12H15N3O/c1-8(2)14-11-6-10(5-4-9(11)3)12-15-13-7-16-12/h4-8,14H,1-3H3. The van der Waals surface area contributed by atoms with Crippen LogP contribution in [0.15, 0.2) is 29.0 Å². The lowest BCUT2D eigenvalue weighted by Gasteiger charge is -2.13. The number of anilines is 1. The number of rotatable bonds is 3. The number of aromatic nitrogens is 2. The molecule has 4 nitrogen and oxygen atoms in total. The minimum atomic E-state index is 0.400. The largest absolute Gasteiger partial charge is 0.423 e. The van der Waals surface area contributed by atoms with Gasteiger partial charge in [-0.1, -0.05) is 6.07 Å². The van der Waals surface area contributed by atoms with E-state index in [1.54, 1.807) is 0 Å². The summed E-state index contributed by atoms with van der Waals surface area (Å²) in [4.78, 5) is 0. The molecule has 0 fully saturated rings. The molecule has 1 aromatic heterocycles. The second kappa shape index (κ2) is 4.35. The number of nitrogens with zero attached hydrogens (tertiary/aromatic N) is 2. The van der Waals surface area contributed by atoms with E-state index in [-0.39, 0.29) is 0 Å². The van der Waals surface area contributed by atoms with Gasteiger partial charge < -0.3 is 9.73 Å². The Morgan fingerprint density at radius 1 is 1.31 bits per heavy atom. The number of hydrogen-bond donors (Lipinski definition) is 1. The van der Waals surface area contributed by atoms with Crippen LogP contribution in [0.2, 0.25) is 0 Å². The third-order valence-corrected chi connectivity index (χ3v) is 2.29. The summed E-state index contributed by atoms with van der Waals surface area (Å²) in [6, 6.07) is 6.46. The summed E-state index contributed by atoms with van der Waals surface area (Å²) >= 11 is 0. The van der Waals surface area contributed by atoms with Gasteiger partial charge in [0.2, 0.25) is 12.3 Å². The highest BCUT2D eigenvalue weighted by Crippen LogP contribution is 2.24. The third-order valence-electron chi connectivity index (χ3n) is 2.29. The first-order chi connectivity index (χ1) is 7.66. The summed E-state index contributed by atoms with van der Waals surface area (Å²) in [5.41, 5.74) is 3.24. The summed E-state index contributed by atoms with van der Waals surface area (Å²) < 4.78 is 5.17. The number of aryl methyl sites for hydroxylation is 1. The van der Waals surface area contributed by atoms with Crippen LogP contribution in [0.5, 0.6) is 0 Å². The van der Waals surface area contributed by atoms with Crippen LogP contribution in [0.1, 0.15) is 19.4 Å². The van der Waals surface area contributed by atoms with Crippen LogP contribution in [0.25, 0.3) is 11.5 Å². The van der Waals surface area contributed by atoms with Gasteiger partial charge in [-0.2, -0.15) is 0 Å². The molecule has 2 rings (SSSR count). The van der Waals surface area contributed by atoms with E-state index in [0.717, 1.165) is 11.3 Å². The van der Waals surface area contributed by atoms with Crippen LogP contribution in [0.3, 0.4) is 0 Å². The Bertz CT molecular complexity index is 463. The first-order valence-corrected chi connectivity index (χ1v) is 5.30. The predicted molar refractivity (Wildman–Crippen MR) is 63.2 cm³/mol. The molecule has 0 aliphatic rings. The van der Waals surface area contributed by atoms with Gasteiger partial charge in [0, 0.05) is 17.3 Å². The lowest BCUT2D eigenvalue weighted by atomic mass is 10.1. The topological polar surface area (TPSA) is 51.0 Å². The van der Waals surface area contributed by atoms with Crippen molar-refractivity contribution < 1.29 is 4.42 Å². The number of nitrogens with one attached hydrogen (secondary N) is 1. The number of benzene rings is 1. The molecule has 0 bridgehead atoms. The first-order valence-electron chi connectivity index (χ1n) is 5.30. The Morgan fingerprint density at radius 3 is 2.75 bits per heavy atom. The van der Waals surface area contributed by atoms with Gasteiger partial charge in [0.1, 0.15) is 0 Å². The van der Waals surface area contributed by atoms with Crippen molar-refractivity contribution >= 4 is 5.69 Å². The van der Waals surface area contributed by atoms with Gasteiger partial charge in [-0.25, -0.2) is 0 Å². The molecule has 0 atom stereocenters. The van der Waals surface area contributed by atoms with Crippen molar-refractivity contribution in [3.8, 4) is 11.5 Å². The normalized spacial score (nSPS) is 10.8. The van der Waals surface area contributed by atoms with Gasteiger partial charge in [-0.05, 0) is 38.5 Å². The van der Waals surface area contributed by atoms with E-state index < -0.39 is 0 Å². The maximum Gasteiger partial charge on any atom is 0.247 e. The zero-order chi connectivity index (χ0) is 11.5. The summed E-state index contributed by atoms with van der Waals surface area (Å²) in [6.45, 7) is 6.29. The fourth-order valence-electron chi connectivity index (χ4n) is 1.52. The van der Waals surface area contributed by atoms with Gasteiger partial charge >= 0.3 is 0 Å². The molecule has 0 saturated heterocycles. The van der Waals surface area contributed by atoms with Crippen molar-refractivity contribution in [1.82, 2.24) is 10.2 Å². The van der Waals surface area contributed by atoms with Crippen molar-refractivity contribution in [3.63, 3.8) is 0 Å². The fourth-order valence-corrected chi connectivity index (χ4v) is 1.52. The van der Waals surface area contributed by atoms with E-state index in [4.69, 9.17) is 4.42 Å². The maximum atomic E-state index is 5.17. The molecule has 1 N–H and O–H groups in total. The summed E-state index contributed by atoms with van der Waals surface area (Å²) in [7, 11) is 0. The Hall–Kier alpha value is -1.84. The van der Waals surface area contributed by atoms with Crippen LogP contribution in [-0.4, -0.2) is 16.2 Å². The Morgan fingerprint density at radius 2 is 2.12 bits per heavy atom. The molecule has 4 heteroatoms. The molecule has 1 aromatic carbocycles. The van der Waals surface area contributed by atoms with Gasteiger partial charge in [-0.3, -0.25) is 0 Å². The third kappa shape index (κ3) is 2.21. The molecule has 0 saturated carbocycles. The number of hydrogen-bond acceptors (Lipinski definition) is 4. The maximum absolute atomic E-state index is 5.17. The molecule has 0 aliphatic heterocycles. The molecule has 2 aromatic rings. The summed E-state index contributed by atoms with van der Waals surface area (Å²) in [5.74, 6) is 0.548. The van der Waals surface area contributed by atoms with Crippen LogP contribution in [0, 0.1) is 6.92 Å². The van der Waals surface area contributed by atoms with Crippen LogP contribution in [0.4, 0.5) is 5.69 Å². The Labute approximate surface area is 94.7 Å². The fraction of sp³-hybridized carbons (Fsp3) is 0.333. The van der Waals surface area contributed by atoms with Crippen LogP contribution >= 0.6 is 0 Å². The highest BCUT2D eigenvalue weighted by atomic mass is 16.4. The van der Waals surface area contributed by atoms with Crippen molar-refractivity contribution in [1.29, 1.82) is 0 Å². The van der Waals surface area contributed by atoms with Gasteiger partial charge in [0.05, 0.1) is 0 Å². The quantitative estimate of drug-likeness (QED) is 0.858. The average Bonchev–Trinajstić information content (AvgIpc) is 2.73. The monoisotopic (exact) mass is 217 g/mol. The van der Waals surface area contributed by atoms with E-state index in [1.165, 1.54) is 12.0 Å². The predicted octanol–water partition coefficient (Wildman–Crippen LogP) is 2.87. The molecule has 84 valence electrons. The molecule has 0 spiro atoms. The molecule has 0 radical (unpaired) electrons. The highest BCUT2D eigenvalue weighted by molar-refractivity contribution is 5.64. The minimum Gasteiger partial charge on any atom is -0.423 e. The molecule has 16 heavy (non-hydrogen) atoms. The van der Waals surface area contributed by atoms with Crippen LogP contribution < -0.4 is 5.32 Å². The minimum absolute atomic E-state index is 0.400. The van der Waals surface area contributed by atoms with Crippen molar-refractivity contribution in [2.24, 2.45) is 0 Å². The molecule has 0 aliphatic carbocycles. The molecular weight excluding hydrogens is 202 g/mol. The van der Waals surface area contributed by atoms with E-state index in [0.29, 0.717) is 11.9 Å². The van der Waals surface area contributed by atoms with E-state index in [2.05, 4.69) is 36.3 Å². The Kier molecular flexibility index (Phi) is 2.90. The van der Waals surface area contributed by atoms with E-state index >= 15 is 0 Å². The van der Waals surface area contributed by atoms with Gasteiger partial charge in [0.25, 0.3) is 0 Å². The summed E-state index contributed by atoms with van der Waals surface area (Å²) in [5, 5.41) is 11.0. The lowest BCUT2D eigenvalue weighted by molar-refractivity contribution is 0.568. The second-order valence-electron chi connectivity index (χ2n) is 4.07.